The van der Waals surface area contributed by atoms with E-state index in [0.717, 1.165) is 25.8 Å². The van der Waals surface area contributed by atoms with Crippen molar-refractivity contribution in [3.8, 4) is 0 Å². The number of hydrogen-bond donors (Lipinski definition) is 1. The van der Waals surface area contributed by atoms with E-state index in [1.165, 1.54) is 22.3 Å². The van der Waals surface area contributed by atoms with Crippen LogP contribution >= 0.6 is 17.0 Å². The third-order valence-electron chi connectivity index (χ3n) is 4.13. The SMILES string of the molecule is Br.NCC/C=C(/c1ccccc1)C1Cc2ccccc2C1. The lowest BCUT2D eigenvalue weighted by molar-refractivity contribution is 0.721. The van der Waals surface area contributed by atoms with Crippen LogP contribution < -0.4 is 5.73 Å². The number of rotatable bonds is 4. The minimum absolute atomic E-state index is 0. The molecule has 0 bridgehead atoms. The highest BCUT2D eigenvalue weighted by Crippen LogP contribution is 2.36. The van der Waals surface area contributed by atoms with E-state index in [0.29, 0.717) is 5.92 Å². The molecule has 0 unspecified atom stereocenters. The number of allylic oxidation sites excluding steroid dienone is 1. The summed E-state index contributed by atoms with van der Waals surface area (Å²) in [6, 6.07) is 19.6. The smallest absolute Gasteiger partial charge is 0.00424 e. The molecule has 1 nitrogen and oxygen atoms in total. The molecule has 1 aliphatic rings. The Morgan fingerprint density at radius 1 is 0.952 bits per heavy atom. The number of benzene rings is 2. The Morgan fingerprint density at radius 2 is 1.52 bits per heavy atom. The van der Waals surface area contributed by atoms with Gasteiger partial charge in [0.05, 0.1) is 0 Å². The largest absolute Gasteiger partial charge is 0.330 e. The average molecular weight is 344 g/mol. The molecule has 1 aliphatic carbocycles. The zero-order chi connectivity index (χ0) is 13.8. The first-order valence-electron chi connectivity index (χ1n) is 7.41. The van der Waals surface area contributed by atoms with Crippen LogP contribution in [0.1, 0.15) is 23.1 Å². The highest BCUT2D eigenvalue weighted by Gasteiger charge is 2.24. The van der Waals surface area contributed by atoms with Gasteiger partial charge in [0.15, 0.2) is 0 Å². The average Bonchev–Trinajstić information content (AvgIpc) is 2.92. The summed E-state index contributed by atoms with van der Waals surface area (Å²) in [5.74, 6) is 0.598. The van der Waals surface area contributed by atoms with Crippen LogP contribution in [0.15, 0.2) is 60.7 Å². The number of fused-ring (bicyclic) bond motifs is 1. The van der Waals surface area contributed by atoms with Crippen molar-refractivity contribution in [2.75, 3.05) is 6.54 Å². The first-order valence-corrected chi connectivity index (χ1v) is 7.41. The minimum Gasteiger partial charge on any atom is -0.330 e. The quantitative estimate of drug-likeness (QED) is 0.873. The van der Waals surface area contributed by atoms with Crippen molar-refractivity contribution < 1.29 is 0 Å². The van der Waals surface area contributed by atoms with Gasteiger partial charge in [-0.1, -0.05) is 60.7 Å². The zero-order valence-corrected chi connectivity index (χ0v) is 13.9. The fraction of sp³-hybridized carbons (Fsp3) is 0.263. The summed E-state index contributed by atoms with van der Waals surface area (Å²) >= 11 is 0. The summed E-state index contributed by atoms with van der Waals surface area (Å²) in [5, 5.41) is 0. The molecule has 21 heavy (non-hydrogen) atoms. The van der Waals surface area contributed by atoms with Crippen LogP contribution in [0.5, 0.6) is 0 Å². The molecule has 2 aromatic carbocycles. The Bertz CT molecular complexity index is 579. The molecule has 3 rings (SSSR count). The fourth-order valence-corrected chi connectivity index (χ4v) is 3.17. The van der Waals surface area contributed by atoms with Gasteiger partial charge in [-0.2, -0.15) is 0 Å². The summed E-state index contributed by atoms with van der Waals surface area (Å²) in [6.07, 6.45) is 5.60. The van der Waals surface area contributed by atoms with Crippen LogP contribution in [-0.4, -0.2) is 6.54 Å². The van der Waals surface area contributed by atoms with Gasteiger partial charge < -0.3 is 5.73 Å². The molecule has 2 heteroatoms. The predicted molar refractivity (Wildman–Crippen MR) is 95.8 cm³/mol. The first kappa shape index (κ1) is 16.0. The molecule has 2 aromatic rings. The Kier molecular flexibility index (Phi) is 5.77. The molecule has 0 atom stereocenters. The maximum absolute atomic E-state index is 5.69. The topological polar surface area (TPSA) is 26.0 Å². The van der Waals surface area contributed by atoms with Crippen LogP contribution in [0.4, 0.5) is 0 Å². The fourth-order valence-electron chi connectivity index (χ4n) is 3.17. The highest BCUT2D eigenvalue weighted by molar-refractivity contribution is 8.93. The lowest BCUT2D eigenvalue weighted by Crippen LogP contribution is -2.05. The van der Waals surface area contributed by atoms with Crippen molar-refractivity contribution in [2.45, 2.75) is 19.3 Å². The minimum atomic E-state index is 0. The molecule has 2 N–H and O–H groups in total. The zero-order valence-electron chi connectivity index (χ0n) is 12.2. The number of hydrogen-bond acceptors (Lipinski definition) is 1. The second-order valence-corrected chi connectivity index (χ2v) is 5.48. The van der Waals surface area contributed by atoms with Crippen LogP contribution in [0.2, 0.25) is 0 Å². The molecular formula is C19H22BrN. The molecule has 0 saturated heterocycles. The summed E-state index contributed by atoms with van der Waals surface area (Å²) in [5.41, 5.74) is 11.5. The molecule has 0 saturated carbocycles. The second-order valence-electron chi connectivity index (χ2n) is 5.48. The Morgan fingerprint density at radius 3 is 2.10 bits per heavy atom. The van der Waals surface area contributed by atoms with Gasteiger partial charge in [-0.15, -0.1) is 17.0 Å². The van der Waals surface area contributed by atoms with Gasteiger partial charge in [0.2, 0.25) is 0 Å². The van der Waals surface area contributed by atoms with Crippen LogP contribution in [-0.2, 0) is 12.8 Å². The van der Waals surface area contributed by atoms with Gasteiger partial charge in [-0.25, -0.2) is 0 Å². The number of halogens is 1. The predicted octanol–water partition coefficient (Wildman–Crippen LogP) is 4.41. The summed E-state index contributed by atoms with van der Waals surface area (Å²) in [4.78, 5) is 0. The first-order chi connectivity index (χ1) is 9.88. The normalized spacial score (nSPS) is 14.6. The molecule has 0 radical (unpaired) electrons. The summed E-state index contributed by atoms with van der Waals surface area (Å²) < 4.78 is 0. The lowest BCUT2D eigenvalue weighted by atomic mass is 9.89. The van der Waals surface area contributed by atoms with E-state index in [1.807, 2.05) is 0 Å². The monoisotopic (exact) mass is 343 g/mol. The Labute approximate surface area is 137 Å². The number of nitrogens with two attached hydrogens (primary N) is 1. The van der Waals surface area contributed by atoms with Crippen molar-refractivity contribution in [3.63, 3.8) is 0 Å². The van der Waals surface area contributed by atoms with E-state index >= 15 is 0 Å². The summed E-state index contributed by atoms with van der Waals surface area (Å²) in [6.45, 7) is 0.718. The molecular weight excluding hydrogens is 322 g/mol. The maximum atomic E-state index is 5.69. The molecule has 0 amide bonds. The third kappa shape index (κ3) is 3.63. The van der Waals surface area contributed by atoms with Gasteiger partial charge in [0.25, 0.3) is 0 Å². The molecule has 0 aromatic heterocycles. The van der Waals surface area contributed by atoms with Crippen molar-refractivity contribution in [2.24, 2.45) is 11.7 Å². The van der Waals surface area contributed by atoms with Gasteiger partial charge in [0, 0.05) is 0 Å². The van der Waals surface area contributed by atoms with Gasteiger partial charge in [0.1, 0.15) is 0 Å². The van der Waals surface area contributed by atoms with Crippen LogP contribution in [0.25, 0.3) is 5.57 Å². The summed E-state index contributed by atoms with van der Waals surface area (Å²) in [7, 11) is 0. The van der Waals surface area contributed by atoms with Crippen molar-refractivity contribution in [1.82, 2.24) is 0 Å². The van der Waals surface area contributed by atoms with Crippen LogP contribution in [0.3, 0.4) is 0 Å². The van der Waals surface area contributed by atoms with E-state index in [1.54, 1.807) is 0 Å². The Balaban J connectivity index is 0.00000161. The van der Waals surface area contributed by atoms with Gasteiger partial charge in [-0.3, -0.25) is 0 Å². The molecule has 0 aliphatic heterocycles. The second kappa shape index (κ2) is 7.58. The highest BCUT2D eigenvalue weighted by atomic mass is 79.9. The van der Waals surface area contributed by atoms with Crippen LogP contribution in [0, 0.1) is 5.92 Å². The van der Waals surface area contributed by atoms with E-state index in [-0.39, 0.29) is 17.0 Å². The molecule has 0 spiro atoms. The standard InChI is InChI=1S/C19H21N.BrH/c20-12-6-11-19(15-7-2-1-3-8-15)18-13-16-9-4-5-10-17(16)14-18;/h1-5,7-11,18H,6,12-14,20H2;1H/b19-11-;. The van der Waals surface area contributed by atoms with Crippen molar-refractivity contribution in [3.05, 3.63) is 77.4 Å². The molecule has 110 valence electrons. The van der Waals surface area contributed by atoms with E-state index in [9.17, 15) is 0 Å². The van der Waals surface area contributed by atoms with Crippen molar-refractivity contribution in [1.29, 1.82) is 0 Å². The molecule has 0 fully saturated rings. The van der Waals surface area contributed by atoms with E-state index < -0.39 is 0 Å². The van der Waals surface area contributed by atoms with E-state index in [2.05, 4.69) is 60.7 Å². The van der Waals surface area contributed by atoms with Crippen molar-refractivity contribution >= 4 is 22.6 Å². The maximum Gasteiger partial charge on any atom is -0.00424 e. The van der Waals surface area contributed by atoms with Gasteiger partial charge >= 0.3 is 0 Å². The molecule has 0 heterocycles. The van der Waals surface area contributed by atoms with E-state index in [4.69, 9.17) is 5.73 Å². The van der Waals surface area contributed by atoms with Gasteiger partial charge in [-0.05, 0) is 54.0 Å². The third-order valence-corrected chi connectivity index (χ3v) is 4.13. The lowest BCUT2D eigenvalue weighted by Gasteiger charge is -2.15. The Hall–Kier alpha value is -1.38.